The molecular formula is C13H19NO. The molecule has 2 heteroatoms. The molecule has 2 fully saturated rings. The van der Waals surface area contributed by atoms with Gasteiger partial charge in [0.2, 0.25) is 5.91 Å². The Hall–Kier alpha value is -0.790. The van der Waals surface area contributed by atoms with E-state index in [2.05, 4.69) is 11.0 Å². The van der Waals surface area contributed by atoms with Crippen molar-refractivity contribution >= 4 is 5.91 Å². The van der Waals surface area contributed by atoms with E-state index in [-0.39, 0.29) is 0 Å². The van der Waals surface area contributed by atoms with Crippen LogP contribution in [0.1, 0.15) is 38.5 Å². The SMILES string of the molecule is O=C(C1=CCCC1)N1CC(C2CCC2)C1. The molecule has 0 atom stereocenters. The highest BCUT2D eigenvalue weighted by Gasteiger charge is 2.39. The van der Waals surface area contributed by atoms with E-state index in [1.807, 2.05) is 0 Å². The van der Waals surface area contributed by atoms with Crippen LogP contribution in [-0.2, 0) is 4.79 Å². The first-order chi connectivity index (χ1) is 7.34. The lowest BCUT2D eigenvalue weighted by Crippen LogP contribution is -2.54. The highest BCUT2D eigenvalue weighted by atomic mass is 16.2. The molecule has 0 bridgehead atoms. The summed E-state index contributed by atoms with van der Waals surface area (Å²) in [6.07, 6.45) is 9.69. The van der Waals surface area contributed by atoms with Crippen molar-refractivity contribution in [1.82, 2.24) is 4.90 Å². The minimum absolute atomic E-state index is 0.336. The van der Waals surface area contributed by atoms with Gasteiger partial charge in [0.05, 0.1) is 0 Å². The van der Waals surface area contributed by atoms with Crippen LogP contribution in [0.15, 0.2) is 11.6 Å². The summed E-state index contributed by atoms with van der Waals surface area (Å²) in [6.45, 7) is 2.08. The Bertz CT molecular complexity index is 298. The number of hydrogen-bond acceptors (Lipinski definition) is 1. The number of carbonyl (C=O) groups is 1. The fourth-order valence-corrected chi connectivity index (χ4v) is 2.96. The van der Waals surface area contributed by atoms with Gasteiger partial charge in [-0.3, -0.25) is 4.79 Å². The van der Waals surface area contributed by atoms with E-state index >= 15 is 0 Å². The van der Waals surface area contributed by atoms with Gasteiger partial charge in [-0.2, -0.15) is 0 Å². The standard InChI is InChI=1S/C13H19NO/c15-13(11-4-1-2-5-11)14-8-12(9-14)10-6-3-7-10/h4,10,12H,1-3,5-9H2. The Morgan fingerprint density at radius 3 is 2.53 bits per heavy atom. The second kappa shape index (κ2) is 3.66. The van der Waals surface area contributed by atoms with Gasteiger partial charge in [0.25, 0.3) is 0 Å². The molecular weight excluding hydrogens is 186 g/mol. The van der Waals surface area contributed by atoms with E-state index in [4.69, 9.17) is 0 Å². The van der Waals surface area contributed by atoms with Crippen molar-refractivity contribution in [1.29, 1.82) is 0 Å². The second-order valence-electron chi connectivity index (χ2n) is 5.28. The van der Waals surface area contributed by atoms with E-state index in [0.29, 0.717) is 5.91 Å². The summed E-state index contributed by atoms with van der Waals surface area (Å²) in [5, 5.41) is 0. The number of rotatable bonds is 2. The molecule has 0 spiro atoms. The van der Waals surface area contributed by atoms with Crippen molar-refractivity contribution in [2.45, 2.75) is 38.5 Å². The lowest BCUT2D eigenvalue weighted by molar-refractivity contribution is -0.135. The summed E-state index contributed by atoms with van der Waals surface area (Å²) in [6, 6.07) is 0. The van der Waals surface area contributed by atoms with Crippen molar-refractivity contribution in [2.75, 3.05) is 13.1 Å². The lowest BCUT2D eigenvalue weighted by Gasteiger charge is -2.46. The Morgan fingerprint density at radius 2 is 2.00 bits per heavy atom. The molecule has 3 aliphatic rings. The summed E-state index contributed by atoms with van der Waals surface area (Å²) in [5.74, 6) is 2.12. The summed E-state index contributed by atoms with van der Waals surface area (Å²) >= 11 is 0. The summed E-state index contributed by atoms with van der Waals surface area (Å²) < 4.78 is 0. The molecule has 0 aromatic heterocycles. The molecule has 3 rings (SSSR count). The fourth-order valence-electron chi connectivity index (χ4n) is 2.96. The number of amides is 1. The van der Waals surface area contributed by atoms with Gasteiger partial charge in [-0.25, -0.2) is 0 Å². The van der Waals surface area contributed by atoms with E-state index in [1.54, 1.807) is 0 Å². The fraction of sp³-hybridized carbons (Fsp3) is 0.769. The number of hydrogen-bond donors (Lipinski definition) is 0. The Balaban J connectivity index is 1.51. The normalized spacial score (nSPS) is 27.2. The zero-order valence-corrected chi connectivity index (χ0v) is 9.24. The Kier molecular flexibility index (Phi) is 2.30. The number of allylic oxidation sites excluding steroid dienone is 1. The first kappa shape index (κ1) is 9.44. The molecule has 0 radical (unpaired) electrons. The molecule has 0 aromatic carbocycles. The third-order valence-electron chi connectivity index (χ3n) is 4.33. The van der Waals surface area contributed by atoms with Crippen LogP contribution in [0.4, 0.5) is 0 Å². The number of nitrogens with zero attached hydrogens (tertiary/aromatic N) is 1. The molecule has 0 N–H and O–H groups in total. The molecule has 0 unspecified atom stereocenters. The van der Waals surface area contributed by atoms with Crippen LogP contribution in [0.5, 0.6) is 0 Å². The maximum atomic E-state index is 12.0. The van der Waals surface area contributed by atoms with E-state index in [9.17, 15) is 4.79 Å². The van der Waals surface area contributed by atoms with Crippen LogP contribution in [0.2, 0.25) is 0 Å². The highest BCUT2D eigenvalue weighted by Crippen LogP contribution is 2.38. The predicted molar refractivity (Wildman–Crippen MR) is 59.3 cm³/mol. The van der Waals surface area contributed by atoms with Crippen LogP contribution < -0.4 is 0 Å². The first-order valence-electron chi connectivity index (χ1n) is 6.33. The average Bonchev–Trinajstić information content (AvgIpc) is 2.58. The largest absolute Gasteiger partial charge is 0.338 e. The minimum atomic E-state index is 0.336. The van der Waals surface area contributed by atoms with Gasteiger partial charge in [-0.15, -0.1) is 0 Å². The zero-order valence-electron chi connectivity index (χ0n) is 9.24. The molecule has 15 heavy (non-hydrogen) atoms. The molecule has 2 aliphatic carbocycles. The quantitative estimate of drug-likeness (QED) is 0.677. The van der Waals surface area contributed by atoms with Crippen molar-refractivity contribution in [3.63, 3.8) is 0 Å². The molecule has 1 saturated carbocycles. The topological polar surface area (TPSA) is 20.3 Å². The van der Waals surface area contributed by atoms with Crippen LogP contribution in [0.3, 0.4) is 0 Å². The Morgan fingerprint density at radius 1 is 1.20 bits per heavy atom. The number of likely N-dealkylation sites (tertiary alicyclic amines) is 1. The molecule has 1 amide bonds. The van der Waals surface area contributed by atoms with Gasteiger partial charge >= 0.3 is 0 Å². The molecule has 82 valence electrons. The van der Waals surface area contributed by atoms with Crippen molar-refractivity contribution in [2.24, 2.45) is 11.8 Å². The van der Waals surface area contributed by atoms with Crippen LogP contribution in [-0.4, -0.2) is 23.9 Å². The van der Waals surface area contributed by atoms with Gasteiger partial charge < -0.3 is 4.90 Å². The van der Waals surface area contributed by atoms with Crippen LogP contribution in [0, 0.1) is 11.8 Å². The van der Waals surface area contributed by atoms with Crippen LogP contribution >= 0.6 is 0 Å². The molecule has 1 heterocycles. The summed E-state index contributed by atoms with van der Waals surface area (Å²) in [7, 11) is 0. The second-order valence-corrected chi connectivity index (χ2v) is 5.28. The highest BCUT2D eigenvalue weighted by molar-refractivity contribution is 5.94. The zero-order chi connectivity index (χ0) is 10.3. The van der Waals surface area contributed by atoms with E-state index in [0.717, 1.165) is 43.3 Å². The number of carbonyl (C=O) groups excluding carboxylic acids is 1. The average molecular weight is 205 g/mol. The van der Waals surface area contributed by atoms with Crippen molar-refractivity contribution < 1.29 is 4.79 Å². The molecule has 0 aromatic rings. The van der Waals surface area contributed by atoms with E-state index in [1.165, 1.54) is 25.7 Å². The van der Waals surface area contributed by atoms with Crippen molar-refractivity contribution in [3.05, 3.63) is 11.6 Å². The molecule has 2 nitrogen and oxygen atoms in total. The third kappa shape index (κ3) is 1.60. The first-order valence-corrected chi connectivity index (χ1v) is 6.33. The third-order valence-corrected chi connectivity index (χ3v) is 4.33. The maximum Gasteiger partial charge on any atom is 0.249 e. The van der Waals surface area contributed by atoms with Gasteiger partial charge in [0, 0.05) is 18.7 Å². The monoisotopic (exact) mass is 205 g/mol. The lowest BCUT2D eigenvalue weighted by atomic mass is 9.72. The minimum Gasteiger partial charge on any atom is -0.338 e. The summed E-state index contributed by atoms with van der Waals surface area (Å²) in [4.78, 5) is 14.0. The Labute approximate surface area is 91.3 Å². The van der Waals surface area contributed by atoms with Crippen LogP contribution in [0.25, 0.3) is 0 Å². The molecule has 1 saturated heterocycles. The molecule has 1 aliphatic heterocycles. The van der Waals surface area contributed by atoms with Gasteiger partial charge in [0.1, 0.15) is 0 Å². The smallest absolute Gasteiger partial charge is 0.249 e. The van der Waals surface area contributed by atoms with Crippen molar-refractivity contribution in [3.8, 4) is 0 Å². The van der Waals surface area contributed by atoms with Gasteiger partial charge in [-0.05, 0) is 31.1 Å². The van der Waals surface area contributed by atoms with Gasteiger partial charge in [0.15, 0.2) is 0 Å². The van der Waals surface area contributed by atoms with E-state index < -0.39 is 0 Å². The predicted octanol–water partition coefficient (Wildman–Crippen LogP) is 2.36. The maximum absolute atomic E-state index is 12.0. The van der Waals surface area contributed by atoms with Gasteiger partial charge in [-0.1, -0.05) is 25.3 Å². The summed E-state index contributed by atoms with van der Waals surface area (Å²) in [5.41, 5.74) is 1.09.